The van der Waals surface area contributed by atoms with E-state index in [1.54, 1.807) is 0 Å². The lowest BCUT2D eigenvalue weighted by Gasteiger charge is -2.38. The van der Waals surface area contributed by atoms with E-state index in [1.165, 1.54) is 5.56 Å². The van der Waals surface area contributed by atoms with Crippen molar-refractivity contribution in [3.63, 3.8) is 0 Å². The van der Waals surface area contributed by atoms with Gasteiger partial charge in [-0.15, -0.1) is 0 Å². The Morgan fingerprint density at radius 2 is 1.90 bits per heavy atom. The molecule has 0 spiro atoms. The summed E-state index contributed by atoms with van der Waals surface area (Å²) in [7, 11) is 0. The van der Waals surface area contributed by atoms with Crippen LogP contribution in [0.25, 0.3) is 10.9 Å². The minimum atomic E-state index is 0.0958. The number of aromatic nitrogens is 1. The van der Waals surface area contributed by atoms with Gasteiger partial charge in [0.1, 0.15) is 0 Å². The number of aryl methyl sites for hydroxylation is 2. The summed E-state index contributed by atoms with van der Waals surface area (Å²) < 4.78 is 5.50. The Balaban J connectivity index is 1.99. The minimum Gasteiger partial charge on any atom is -0.377 e. The van der Waals surface area contributed by atoms with Gasteiger partial charge >= 0.3 is 0 Å². The number of morpholine rings is 1. The Labute approximate surface area is 125 Å². The van der Waals surface area contributed by atoms with Gasteiger partial charge in [-0.25, -0.2) is 0 Å². The highest BCUT2D eigenvalue weighted by molar-refractivity contribution is 5.99. The van der Waals surface area contributed by atoms with Gasteiger partial charge in [-0.3, -0.25) is 4.79 Å². The molecule has 112 valence electrons. The van der Waals surface area contributed by atoms with Gasteiger partial charge < -0.3 is 14.6 Å². The summed E-state index contributed by atoms with van der Waals surface area (Å²) in [6.07, 6.45) is 0. The Kier molecular flexibility index (Phi) is 3.49. The van der Waals surface area contributed by atoms with E-state index in [0.29, 0.717) is 13.2 Å². The Morgan fingerprint density at radius 1 is 1.24 bits per heavy atom. The van der Waals surface area contributed by atoms with E-state index < -0.39 is 0 Å². The molecule has 1 aliphatic rings. The quantitative estimate of drug-likeness (QED) is 0.876. The number of carbonyl (C=O) groups is 1. The first kappa shape index (κ1) is 14.1. The number of amides is 1. The summed E-state index contributed by atoms with van der Waals surface area (Å²) in [5, 5.41) is 1.13. The molecule has 1 aliphatic heterocycles. The fraction of sp³-hybridized carbons (Fsp3) is 0.471. The molecule has 1 amide bonds. The van der Waals surface area contributed by atoms with E-state index in [9.17, 15) is 4.79 Å². The van der Waals surface area contributed by atoms with Gasteiger partial charge in [0, 0.05) is 22.2 Å². The second-order valence-electron chi connectivity index (χ2n) is 6.08. The fourth-order valence-electron chi connectivity index (χ4n) is 3.15. The highest BCUT2D eigenvalue weighted by atomic mass is 16.5. The Hall–Kier alpha value is -1.81. The molecule has 21 heavy (non-hydrogen) atoms. The van der Waals surface area contributed by atoms with Crippen molar-refractivity contribution in [2.24, 2.45) is 0 Å². The highest BCUT2D eigenvalue weighted by Crippen LogP contribution is 2.24. The minimum absolute atomic E-state index is 0.0958. The van der Waals surface area contributed by atoms with E-state index in [-0.39, 0.29) is 18.0 Å². The van der Waals surface area contributed by atoms with Crippen molar-refractivity contribution >= 4 is 16.8 Å². The van der Waals surface area contributed by atoms with Gasteiger partial charge in [-0.05, 0) is 51.5 Å². The third-order valence-electron chi connectivity index (χ3n) is 4.46. The monoisotopic (exact) mass is 286 g/mol. The van der Waals surface area contributed by atoms with Crippen LogP contribution in [0.1, 0.15) is 35.5 Å². The van der Waals surface area contributed by atoms with Crippen LogP contribution in [0.3, 0.4) is 0 Å². The van der Waals surface area contributed by atoms with Crippen LogP contribution in [-0.4, -0.2) is 41.1 Å². The second-order valence-corrected chi connectivity index (χ2v) is 6.08. The first-order valence-electron chi connectivity index (χ1n) is 7.48. The molecule has 1 N–H and O–H groups in total. The lowest BCUT2D eigenvalue weighted by Crippen LogP contribution is -2.52. The van der Waals surface area contributed by atoms with Crippen LogP contribution in [0.5, 0.6) is 0 Å². The number of hydrogen-bond acceptors (Lipinski definition) is 2. The predicted molar refractivity (Wildman–Crippen MR) is 83.7 cm³/mol. The molecule has 1 saturated heterocycles. The molecule has 1 fully saturated rings. The van der Waals surface area contributed by atoms with E-state index in [0.717, 1.165) is 22.2 Å². The fourth-order valence-corrected chi connectivity index (χ4v) is 3.15. The molecule has 4 heteroatoms. The number of ether oxygens (including phenoxy) is 1. The summed E-state index contributed by atoms with van der Waals surface area (Å²) in [6.45, 7) is 9.45. The van der Waals surface area contributed by atoms with Crippen LogP contribution >= 0.6 is 0 Å². The second kappa shape index (κ2) is 5.19. The molecule has 0 saturated carbocycles. The van der Waals surface area contributed by atoms with E-state index in [1.807, 2.05) is 36.9 Å². The van der Waals surface area contributed by atoms with Gasteiger partial charge in [0.25, 0.3) is 5.91 Å². The molecular weight excluding hydrogens is 264 g/mol. The summed E-state index contributed by atoms with van der Waals surface area (Å²) in [5.41, 5.74) is 4.21. The molecule has 2 atom stereocenters. The van der Waals surface area contributed by atoms with E-state index >= 15 is 0 Å². The average molecular weight is 286 g/mol. The number of benzene rings is 1. The number of aromatic amines is 1. The molecular formula is C17H22N2O2. The number of nitrogens with one attached hydrogen (secondary N) is 1. The average Bonchev–Trinajstić information content (AvgIpc) is 2.73. The third kappa shape index (κ3) is 2.33. The summed E-state index contributed by atoms with van der Waals surface area (Å²) in [4.78, 5) is 18.1. The summed E-state index contributed by atoms with van der Waals surface area (Å²) >= 11 is 0. The zero-order valence-corrected chi connectivity index (χ0v) is 13.1. The molecule has 0 unspecified atom stereocenters. The first-order chi connectivity index (χ1) is 9.99. The van der Waals surface area contributed by atoms with Crippen molar-refractivity contribution < 1.29 is 9.53 Å². The van der Waals surface area contributed by atoms with Crippen molar-refractivity contribution in [3.05, 3.63) is 35.0 Å². The summed E-state index contributed by atoms with van der Waals surface area (Å²) in [5.74, 6) is 0.0958. The maximum Gasteiger partial charge on any atom is 0.254 e. The molecule has 1 aromatic heterocycles. The SMILES string of the molecule is Cc1[nH]c2ccc(C(=O)N3[C@H](C)COC[C@H]3C)cc2c1C. The molecule has 1 aromatic carbocycles. The van der Waals surface area contributed by atoms with Crippen molar-refractivity contribution in [3.8, 4) is 0 Å². The standard InChI is InChI=1S/C17H22N2O2/c1-10-8-21-9-11(2)19(10)17(20)14-5-6-16-15(7-14)12(3)13(4)18-16/h5-7,10-11,18H,8-9H2,1-4H3/t10-,11-/m1/s1. The molecule has 0 aliphatic carbocycles. The number of carbonyl (C=O) groups excluding carboxylic acids is 1. The first-order valence-corrected chi connectivity index (χ1v) is 7.48. The zero-order chi connectivity index (χ0) is 15.1. The Morgan fingerprint density at radius 3 is 2.57 bits per heavy atom. The van der Waals surface area contributed by atoms with Gasteiger partial charge in [0.05, 0.1) is 25.3 Å². The van der Waals surface area contributed by atoms with Crippen LogP contribution < -0.4 is 0 Å². The van der Waals surface area contributed by atoms with Gasteiger partial charge in [0.2, 0.25) is 0 Å². The van der Waals surface area contributed by atoms with Crippen LogP contribution in [-0.2, 0) is 4.74 Å². The molecule has 0 bridgehead atoms. The maximum absolute atomic E-state index is 12.8. The number of fused-ring (bicyclic) bond motifs is 1. The summed E-state index contributed by atoms with van der Waals surface area (Å²) in [6, 6.07) is 6.15. The van der Waals surface area contributed by atoms with Crippen molar-refractivity contribution in [1.82, 2.24) is 9.88 Å². The number of rotatable bonds is 1. The number of H-pyrrole nitrogens is 1. The zero-order valence-electron chi connectivity index (χ0n) is 13.1. The molecule has 0 radical (unpaired) electrons. The third-order valence-corrected chi connectivity index (χ3v) is 4.46. The number of hydrogen-bond donors (Lipinski definition) is 1. The van der Waals surface area contributed by atoms with Crippen LogP contribution in [0.15, 0.2) is 18.2 Å². The van der Waals surface area contributed by atoms with E-state index in [4.69, 9.17) is 4.74 Å². The molecule has 2 aromatic rings. The highest BCUT2D eigenvalue weighted by Gasteiger charge is 2.30. The smallest absolute Gasteiger partial charge is 0.254 e. The van der Waals surface area contributed by atoms with Crippen molar-refractivity contribution in [2.45, 2.75) is 39.8 Å². The molecule has 2 heterocycles. The number of nitrogens with zero attached hydrogens (tertiary/aromatic N) is 1. The van der Waals surface area contributed by atoms with E-state index in [2.05, 4.69) is 18.8 Å². The van der Waals surface area contributed by atoms with Crippen LogP contribution in [0.4, 0.5) is 0 Å². The van der Waals surface area contributed by atoms with Gasteiger partial charge in [0.15, 0.2) is 0 Å². The van der Waals surface area contributed by atoms with Crippen LogP contribution in [0.2, 0.25) is 0 Å². The van der Waals surface area contributed by atoms with Gasteiger partial charge in [-0.1, -0.05) is 0 Å². The van der Waals surface area contributed by atoms with Gasteiger partial charge in [-0.2, -0.15) is 0 Å². The maximum atomic E-state index is 12.8. The van der Waals surface area contributed by atoms with Crippen LogP contribution in [0, 0.1) is 13.8 Å². The van der Waals surface area contributed by atoms with Crippen molar-refractivity contribution in [1.29, 1.82) is 0 Å². The Bertz CT molecular complexity index is 679. The largest absolute Gasteiger partial charge is 0.377 e. The predicted octanol–water partition coefficient (Wildman–Crippen LogP) is 3.03. The lowest BCUT2D eigenvalue weighted by molar-refractivity contribution is -0.0249. The van der Waals surface area contributed by atoms with Crippen molar-refractivity contribution in [2.75, 3.05) is 13.2 Å². The lowest BCUT2D eigenvalue weighted by atomic mass is 10.1. The normalized spacial score (nSPS) is 22.8. The molecule has 4 nitrogen and oxygen atoms in total. The molecule has 3 rings (SSSR count). The topological polar surface area (TPSA) is 45.3 Å².